The molecule has 1 unspecified atom stereocenters. The Kier molecular flexibility index (Phi) is 5.43. The molecule has 2 N–H and O–H groups in total. The average Bonchev–Trinajstić information content (AvgIpc) is 2.93. The van der Waals surface area contributed by atoms with E-state index in [1.807, 2.05) is 17.8 Å². The number of nitrogens with two attached hydrogens (primary N) is 1. The monoisotopic (exact) mass is 292 g/mol. The highest BCUT2D eigenvalue weighted by molar-refractivity contribution is 7.99. The van der Waals surface area contributed by atoms with Gasteiger partial charge in [0, 0.05) is 28.5 Å². The molecule has 1 heterocycles. The van der Waals surface area contributed by atoms with Gasteiger partial charge >= 0.3 is 0 Å². The molecular weight excluding hydrogens is 272 g/mol. The molecule has 2 rings (SSSR count). The summed E-state index contributed by atoms with van der Waals surface area (Å²) in [4.78, 5) is 4.72. The standard InChI is InChI=1S/C15H20N2S2/c1-3-11(2)18-10-15-17-14(9-19-15)13-6-4-5-12(7-13)8-16/h4-7,9,11H,3,8,10,16H2,1-2H3. The van der Waals surface area contributed by atoms with Crippen molar-refractivity contribution in [2.24, 2.45) is 5.73 Å². The summed E-state index contributed by atoms with van der Waals surface area (Å²) in [6.45, 7) is 5.07. The van der Waals surface area contributed by atoms with Gasteiger partial charge in [0.25, 0.3) is 0 Å². The SMILES string of the molecule is CCC(C)SCc1nc(-c2cccc(CN)c2)cs1. The first-order valence-electron chi connectivity index (χ1n) is 6.58. The summed E-state index contributed by atoms with van der Waals surface area (Å²) in [7, 11) is 0. The molecule has 0 saturated heterocycles. The molecule has 1 atom stereocenters. The lowest BCUT2D eigenvalue weighted by Crippen LogP contribution is -1.96. The van der Waals surface area contributed by atoms with E-state index in [0.717, 1.165) is 17.0 Å². The summed E-state index contributed by atoms with van der Waals surface area (Å²) in [6.07, 6.45) is 1.21. The average molecular weight is 292 g/mol. The van der Waals surface area contributed by atoms with Crippen LogP contribution in [0.2, 0.25) is 0 Å². The maximum atomic E-state index is 5.68. The lowest BCUT2D eigenvalue weighted by molar-refractivity contribution is 0.905. The number of thiazole rings is 1. The van der Waals surface area contributed by atoms with Crippen molar-refractivity contribution in [3.8, 4) is 11.3 Å². The Morgan fingerprint density at radius 1 is 1.42 bits per heavy atom. The first-order valence-corrected chi connectivity index (χ1v) is 8.51. The highest BCUT2D eigenvalue weighted by Crippen LogP contribution is 2.26. The van der Waals surface area contributed by atoms with Crippen LogP contribution in [0.4, 0.5) is 0 Å². The molecule has 2 nitrogen and oxygen atoms in total. The fraction of sp³-hybridized carbons (Fsp3) is 0.400. The van der Waals surface area contributed by atoms with Gasteiger partial charge in [-0.3, -0.25) is 0 Å². The third-order valence-corrected chi connectivity index (χ3v) is 5.45. The maximum absolute atomic E-state index is 5.68. The fourth-order valence-electron chi connectivity index (χ4n) is 1.70. The molecule has 0 amide bonds. The van der Waals surface area contributed by atoms with E-state index in [2.05, 4.69) is 37.4 Å². The molecule has 0 radical (unpaired) electrons. The molecule has 0 saturated carbocycles. The van der Waals surface area contributed by atoms with Gasteiger partial charge in [0.1, 0.15) is 5.01 Å². The summed E-state index contributed by atoms with van der Waals surface area (Å²) in [6, 6.07) is 8.32. The topological polar surface area (TPSA) is 38.9 Å². The van der Waals surface area contributed by atoms with Crippen LogP contribution in [0.15, 0.2) is 29.6 Å². The van der Waals surface area contributed by atoms with Crippen molar-refractivity contribution in [3.63, 3.8) is 0 Å². The maximum Gasteiger partial charge on any atom is 0.103 e. The Morgan fingerprint density at radius 3 is 3.00 bits per heavy atom. The third-order valence-electron chi connectivity index (χ3n) is 3.08. The van der Waals surface area contributed by atoms with Crippen LogP contribution in [0.1, 0.15) is 30.8 Å². The number of hydrogen-bond donors (Lipinski definition) is 1. The van der Waals surface area contributed by atoms with Gasteiger partial charge in [-0.25, -0.2) is 4.98 Å². The Balaban J connectivity index is 2.07. The Bertz CT molecular complexity index is 522. The lowest BCUT2D eigenvalue weighted by atomic mass is 10.1. The van der Waals surface area contributed by atoms with Crippen molar-refractivity contribution >= 4 is 23.1 Å². The Morgan fingerprint density at radius 2 is 2.26 bits per heavy atom. The summed E-state index contributed by atoms with van der Waals surface area (Å²) in [5.41, 5.74) is 9.07. The van der Waals surface area contributed by atoms with E-state index in [9.17, 15) is 0 Å². The minimum Gasteiger partial charge on any atom is -0.326 e. The Hall–Kier alpha value is -0.840. The lowest BCUT2D eigenvalue weighted by Gasteiger charge is -2.05. The molecule has 0 fully saturated rings. The van der Waals surface area contributed by atoms with Crippen LogP contribution >= 0.6 is 23.1 Å². The molecule has 1 aromatic carbocycles. The third kappa shape index (κ3) is 4.06. The molecule has 102 valence electrons. The molecule has 4 heteroatoms. The van der Waals surface area contributed by atoms with Gasteiger partial charge in [-0.2, -0.15) is 11.8 Å². The summed E-state index contributed by atoms with van der Waals surface area (Å²) in [5, 5.41) is 4.05. The van der Waals surface area contributed by atoms with E-state index in [0.29, 0.717) is 11.8 Å². The zero-order chi connectivity index (χ0) is 13.7. The van der Waals surface area contributed by atoms with Gasteiger partial charge in [0.05, 0.1) is 5.69 Å². The molecule has 0 aliphatic heterocycles. The summed E-state index contributed by atoms with van der Waals surface area (Å²) in [5.74, 6) is 1.01. The molecule has 0 spiro atoms. The molecule has 2 aromatic rings. The van der Waals surface area contributed by atoms with Crippen LogP contribution in [0.5, 0.6) is 0 Å². The number of nitrogens with zero attached hydrogens (tertiary/aromatic N) is 1. The van der Waals surface area contributed by atoms with E-state index in [1.54, 1.807) is 11.3 Å². The van der Waals surface area contributed by atoms with Crippen molar-refractivity contribution in [3.05, 3.63) is 40.2 Å². The number of rotatable bonds is 6. The van der Waals surface area contributed by atoms with Crippen LogP contribution in [0.25, 0.3) is 11.3 Å². The van der Waals surface area contributed by atoms with Crippen LogP contribution in [-0.2, 0) is 12.3 Å². The first kappa shape index (κ1) is 14.6. The number of thioether (sulfide) groups is 1. The van der Waals surface area contributed by atoms with E-state index < -0.39 is 0 Å². The predicted octanol–water partition coefficient (Wildman–Crippen LogP) is 4.30. The second kappa shape index (κ2) is 7.08. The van der Waals surface area contributed by atoms with Crippen molar-refractivity contribution in [1.82, 2.24) is 4.98 Å². The second-order valence-electron chi connectivity index (χ2n) is 4.56. The van der Waals surface area contributed by atoms with Gasteiger partial charge in [-0.05, 0) is 18.1 Å². The minimum absolute atomic E-state index is 0.578. The van der Waals surface area contributed by atoms with Gasteiger partial charge in [0.15, 0.2) is 0 Å². The normalized spacial score (nSPS) is 12.6. The van der Waals surface area contributed by atoms with Crippen molar-refractivity contribution in [2.75, 3.05) is 0 Å². The van der Waals surface area contributed by atoms with E-state index in [4.69, 9.17) is 10.7 Å². The molecule has 0 bridgehead atoms. The quantitative estimate of drug-likeness (QED) is 0.862. The largest absolute Gasteiger partial charge is 0.326 e. The predicted molar refractivity (Wildman–Crippen MR) is 86.5 cm³/mol. The molecular formula is C15H20N2S2. The highest BCUT2D eigenvalue weighted by Gasteiger charge is 2.07. The van der Waals surface area contributed by atoms with Gasteiger partial charge in [0.2, 0.25) is 0 Å². The van der Waals surface area contributed by atoms with E-state index >= 15 is 0 Å². The zero-order valence-corrected chi connectivity index (χ0v) is 13.1. The van der Waals surface area contributed by atoms with E-state index in [1.165, 1.54) is 17.0 Å². The summed E-state index contributed by atoms with van der Waals surface area (Å²) < 4.78 is 0. The van der Waals surface area contributed by atoms with Gasteiger partial charge in [-0.1, -0.05) is 32.0 Å². The van der Waals surface area contributed by atoms with Crippen molar-refractivity contribution < 1.29 is 0 Å². The summed E-state index contributed by atoms with van der Waals surface area (Å²) >= 11 is 3.72. The zero-order valence-electron chi connectivity index (χ0n) is 11.4. The second-order valence-corrected chi connectivity index (χ2v) is 6.93. The highest BCUT2D eigenvalue weighted by atomic mass is 32.2. The first-order chi connectivity index (χ1) is 9.22. The minimum atomic E-state index is 0.578. The number of hydrogen-bond acceptors (Lipinski definition) is 4. The van der Waals surface area contributed by atoms with E-state index in [-0.39, 0.29) is 0 Å². The van der Waals surface area contributed by atoms with Gasteiger partial charge in [-0.15, -0.1) is 11.3 Å². The fourth-order valence-corrected chi connectivity index (χ4v) is 3.49. The molecule has 19 heavy (non-hydrogen) atoms. The molecule has 0 aliphatic carbocycles. The molecule has 0 aliphatic rings. The van der Waals surface area contributed by atoms with Gasteiger partial charge < -0.3 is 5.73 Å². The smallest absolute Gasteiger partial charge is 0.103 e. The number of aromatic nitrogens is 1. The van der Waals surface area contributed by atoms with Crippen molar-refractivity contribution in [2.45, 2.75) is 37.8 Å². The van der Waals surface area contributed by atoms with Crippen LogP contribution in [-0.4, -0.2) is 10.2 Å². The molecule has 1 aromatic heterocycles. The van der Waals surface area contributed by atoms with Crippen LogP contribution in [0.3, 0.4) is 0 Å². The Labute approximate surface area is 123 Å². The number of benzene rings is 1. The van der Waals surface area contributed by atoms with Crippen LogP contribution < -0.4 is 5.73 Å². The van der Waals surface area contributed by atoms with Crippen LogP contribution in [0, 0.1) is 0 Å². The van der Waals surface area contributed by atoms with Crippen molar-refractivity contribution in [1.29, 1.82) is 0 Å².